The number of benzene rings is 2. The van der Waals surface area contributed by atoms with Crippen LogP contribution in [0.3, 0.4) is 0 Å². The molecule has 0 unspecified atom stereocenters. The Morgan fingerprint density at radius 1 is 1.25 bits per heavy atom. The van der Waals surface area contributed by atoms with Gasteiger partial charge in [0.05, 0.1) is 11.1 Å². The zero-order valence-electron chi connectivity index (χ0n) is 14.5. The molecule has 0 bridgehead atoms. The van der Waals surface area contributed by atoms with Crippen molar-refractivity contribution in [3.05, 3.63) is 58.4 Å². The molecular weight excluding hydrogens is 412 g/mol. The molecule has 0 spiro atoms. The predicted molar refractivity (Wildman–Crippen MR) is 103 cm³/mol. The van der Waals surface area contributed by atoms with E-state index < -0.39 is 17.8 Å². The maximum atomic E-state index is 13.2. The van der Waals surface area contributed by atoms with Crippen molar-refractivity contribution in [1.82, 2.24) is 10.8 Å². The molecule has 7 nitrogen and oxygen atoms in total. The zero-order valence-corrected chi connectivity index (χ0v) is 16.1. The van der Waals surface area contributed by atoms with Crippen LogP contribution in [0.4, 0.5) is 10.1 Å². The van der Waals surface area contributed by atoms with Crippen molar-refractivity contribution in [3.63, 3.8) is 0 Å². The summed E-state index contributed by atoms with van der Waals surface area (Å²) >= 11 is 5.73. The van der Waals surface area contributed by atoms with Gasteiger partial charge >= 0.3 is 0 Å². The predicted octanol–water partition coefficient (Wildman–Crippen LogP) is 2.44. The summed E-state index contributed by atoms with van der Waals surface area (Å²) in [6.45, 7) is 0.148. The van der Waals surface area contributed by atoms with E-state index in [0.29, 0.717) is 24.4 Å². The summed E-state index contributed by atoms with van der Waals surface area (Å²) in [6.07, 6.45) is 0.466. The highest BCUT2D eigenvalue weighted by molar-refractivity contribution is 6.31. The fourth-order valence-corrected chi connectivity index (χ4v) is 2.93. The van der Waals surface area contributed by atoms with Gasteiger partial charge in [0.1, 0.15) is 11.6 Å². The minimum atomic E-state index is -0.650. The van der Waals surface area contributed by atoms with E-state index in [-0.39, 0.29) is 29.9 Å². The molecule has 0 saturated heterocycles. The summed E-state index contributed by atoms with van der Waals surface area (Å²) in [5, 5.41) is 14.3. The van der Waals surface area contributed by atoms with Crippen LogP contribution in [-0.2, 0) is 22.6 Å². The number of fused-ring (bicyclic) bond motifs is 1. The zero-order chi connectivity index (χ0) is 19.4. The second-order valence-corrected chi connectivity index (χ2v) is 6.42. The van der Waals surface area contributed by atoms with Crippen LogP contribution in [0, 0.1) is 5.82 Å². The Bertz CT molecular complexity index is 882. The first-order valence-corrected chi connectivity index (χ1v) is 8.51. The molecule has 28 heavy (non-hydrogen) atoms. The molecule has 2 amide bonds. The fraction of sp³-hybridized carbons (Fsp3) is 0.222. The van der Waals surface area contributed by atoms with E-state index in [0.717, 1.165) is 11.1 Å². The van der Waals surface area contributed by atoms with Crippen LogP contribution in [0.15, 0.2) is 36.4 Å². The molecule has 1 heterocycles. The van der Waals surface area contributed by atoms with Crippen molar-refractivity contribution in [1.29, 1.82) is 0 Å². The number of ether oxygens (including phenoxy) is 1. The molecule has 4 N–H and O–H groups in total. The van der Waals surface area contributed by atoms with Gasteiger partial charge in [0.15, 0.2) is 6.61 Å². The topological polar surface area (TPSA) is 99.7 Å². The summed E-state index contributed by atoms with van der Waals surface area (Å²) in [5.74, 6) is -0.955. The van der Waals surface area contributed by atoms with Gasteiger partial charge in [0.2, 0.25) is 5.91 Å². The summed E-state index contributed by atoms with van der Waals surface area (Å²) in [4.78, 5) is 23.5. The largest absolute Gasteiger partial charge is 0.484 e. The number of carbonyl (C=O) groups excluding carboxylic acids is 2. The maximum Gasteiger partial charge on any atom is 0.281 e. The molecule has 1 aliphatic heterocycles. The Morgan fingerprint density at radius 3 is 2.75 bits per heavy atom. The standard InChI is InChI=1S/C18H17ClFN3O4.ClH/c19-14-7-12(2-4-15(14)20)22-18(25)16-6-10-1-3-13(5-11(10)8-21-16)27-9-17(24)23-26;/h1-5,7,16,21,26H,6,8-9H2,(H,22,25)(H,23,24);1H/t16-;/m0./s1. The first-order chi connectivity index (χ1) is 13.0. The number of hydrogen-bond donors (Lipinski definition) is 4. The highest BCUT2D eigenvalue weighted by atomic mass is 35.5. The van der Waals surface area contributed by atoms with Crippen molar-refractivity contribution in [3.8, 4) is 5.75 Å². The molecule has 0 aromatic heterocycles. The third kappa shape index (κ3) is 5.32. The summed E-state index contributed by atoms with van der Waals surface area (Å²) in [5.41, 5.74) is 3.84. The van der Waals surface area contributed by atoms with Crippen molar-refractivity contribution in [2.24, 2.45) is 0 Å². The molecule has 1 atom stereocenters. The van der Waals surface area contributed by atoms with Gasteiger partial charge in [-0.2, -0.15) is 0 Å². The highest BCUT2D eigenvalue weighted by Crippen LogP contribution is 2.24. The molecule has 0 saturated carbocycles. The molecule has 2 aromatic carbocycles. The maximum absolute atomic E-state index is 13.2. The second kappa shape index (κ2) is 9.70. The summed E-state index contributed by atoms with van der Waals surface area (Å²) in [6, 6.07) is 8.86. The van der Waals surface area contributed by atoms with E-state index in [1.807, 2.05) is 6.07 Å². The van der Waals surface area contributed by atoms with Crippen LogP contribution in [0.5, 0.6) is 5.75 Å². The first kappa shape index (κ1) is 21.9. The lowest BCUT2D eigenvalue weighted by Gasteiger charge is -2.26. The molecule has 3 rings (SSSR count). The van der Waals surface area contributed by atoms with E-state index >= 15 is 0 Å². The molecular formula is C18H18Cl2FN3O4. The van der Waals surface area contributed by atoms with Crippen LogP contribution in [0.25, 0.3) is 0 Å². The first-order valence-electron chi connectivity index (χ1n) is 8.13. The molecule has 2 aromatic rings. The number of carbonyl (C=O) groups is 2. The number of hydroxylamine groups is 1. The lowest BCUT2D eigenvalue weighted by Crippen LogP contribution is -2.44. The number of amides is 2. The molecule has 0 aliphatic carbocycles. The molecule has 0 fully saturated rings. The third-order valence-corrected chi connectivity index (χ3v) is 4.43. The van der Waals surface area contributed by atoms with Crippen LogP contribution < -0.4 is 20.9 Å². The third-order valence-electron chi connectivity index (χ3n) is 4.14. The molecule has 10 heteroatoms. The average Bonchev–Trinajstić information content (AvgIpc) is 2.68. The van der Waals surface area contributed by atoms with E-state index in [1.165, 1.54) is 23.7 Å². The Hall–Kier alpha value is -2.39. The number of rotatable bonds is 5. The Balaban J connectivity index is 0.00000280. The SMILES string of the molecule is Cl.O=C(COc1ccc2c(c1)CN[C@H](C(=O)Nc1ccc(F)c(Cl)c1)C2)NO. The van der Waals surface area contributed by atoms with E-state index in [4.69, 9.17) is 21.5 Å². The quantitative estimate of drug-likeness (QED) is 0.432. The minimum Gasteiger partial charge on any atom is -0.484 e. The lowest BCUT2D eigenvalue weighted by molar-refractivity contribution is -0.131. The Kier molecular flexibility index (Phi) is 7.59. The van der Waals surface area contributed by atoms with Crippen molar-refractivity contribution < 1.29 is 23.9 Å². The normalized spacial score (nSPS) is 15.0. The van der Waals surface area contributed by atoms with E-state index in [2.05, 4.69) is 10.6 Å². The molecule has 150 valence electrons. The minimum absolute atomic E-state index is 0. The lowest BCUT2D eigenvalue weighted by atomic mass is 9.95. The Labute approximate surface area is 171 Å². The van der Waals surface area contributed by atoms with Crippen LogP contribution >= 0.6 is 24.0 Å². The van der Waals surface area contributed by atoms with Gasteiger partial charge in [-0.25, -0.2) is 9.87 Å². The summed E-state index contributed by atoms with van der Waals surface area (Å²) < 4.78 is 18.5. The van der Waals surface area contributed by atoms with Gasteiger partial charge in [0, 0.05) is 12.2 Å². The number of anilines is 1. The van der Waals surface area contributed by atoms with Gasteiger partial charge in [-0.15, -0.1) is 12.4 Å². The van der Waals surface area contributed by atoms with E-state index in [9.17, 15) is 14.0 Å². The summed E-state index contributed by atoms with van der Waals surface area (Å²) in [7, 11) is 0. The number of nitrogens with one attached hydrogen (secondary N) is 3. The highest BCUT2D eigenvalue weighted by Gasteiger charge is 2.24. The van der Waals surface area contributed by atoms with Crippen LogP contribution in [0.1, 0.15) is 11.1 Å². The average molecular weight is 430 g/mol. The van der Waals surface area contributed by atoms with Crippen LogP contribution in [-0.4, -0.2) is 29.7 Å². The number of halogens is 3. The number of hydrogen-bond acceptors (Lipinski definition) is 5. The van der Waals surface area contributed by atoms with Gasteiger partial charge < -0.3 is 15.4 Å². The van der Waals surface area contributed by atoms with Gasteiger partial charge in [-0.05, 0) is 47.9 Å². The van der Waals surface area contributed by atoms with Crippen molar-refractivity contribution >= 4 is 41.5 Å². The van der Waals surface area contributed by atoms with Crippen molar-refractivity contribution in [2.75, 3.05) is 11.9 Å². The van der Waals surface area contributed by atoms with Gasteiger partial charge in [-0.1, -0.05) is 17.7 Å². The second-order valence-electron chi connectivity index (χ2n) is 6.01. The molecule has 0 radical (unpaired) electrons. The smallest absolute Gasteiger partial charge is 0.281 e. The van der Waals surface area contributed by atoms with Crippen molar-refractivity contribution in [2.45, 2.75) is 19.0 Å². The fourth-order valence-electron chi connectivity index (χ4n) is 2.75. The van der Waals surface area contributed by atoms with E-state index in [1.54, 1.807) is 12.1 Å². The van der Waals surface area contributed by atoms with Gasteiger partial charge in [0.25, 0.3) is 5.91 Å². The molecule has 1 aliphatic rings. The monoisotopic (exact) mass is 429 g/mol. The van der Waals surface area contributed by atoms with Crippen LogP contribution in [0.2, 0.25) is 5.02 Å². The Morgan fingerprint density at radius 2 is 2.04 bits per heavy atom. The van der Waals surface area contributed by atoms with Gasteiger partial charge in [-0.3, -0.25) is 14.8 Å².